The Labute approximate surface area is 177 Å². The van der Waals surface area contributed by atoms with E-state index >= 15 is 0 Å². The van der Waals surface area contributed by atoms with Gasteiger partial charge in [-0.25, -0.2) is 4.98 Å². The number of carbonyl (C=O) groups is 1. The quantitative estimate of drug-likeness (QED) is 0.437. The van der Waals surface area contributed by atoms with Crippen molar-refractivity contribution >= 4 is 44.4 Å². The average molecular weight is 421 g/mol. The molecule has 0 radical (unpaired) electrons. The molecule has 0 atom stereocenters. The number of thiazole rings is 1. The molecule has 0 spiro atoms. The molecule has 0 aliphatic rings. The molecule has 0 saturated carbocycles. The first-order chi connectivity index (χ1) is 14.0. The molecule has 7 heteroatoms. The molecule has 146 valence electrons. The first-order valence-electron chi connectivity index (χ1n) is 9.19. The fourth-order valence-electron chi connectivity index (χ4n) is 2.83. The van der Waals surface area contributed by atoms with Crippen LogP contribution in [-0.4, -0.2) is 26.8 Å². The van der Waals surface area contributed by atoms with Gasteiger partial charge in [-0.3, -0.25) is 4.79 Å². The van der Waals surface area contributed by atoms with Crippen molar-refractivity contribution in [3.63, 3.8) is 0 Å². The first kappa shape index (κ1) is 19.5. The van der Waals surface area contributed by atoms with Gasteiger partial charge in [-0.2, -0.15) is 0 Å². The zero-order valence-corrected chi connectivity index (χ0v) is 18.0. The van der Waals surface area contributed by atoms with Gasteiger partial charge in [0.15, 0.2) is 5.13 Å². The summed E-state index contributed by atoms with van der Waals surface area (Å²) in [4.78, 5) is 16.7. The molecule has 2 aromatic heterocycles. The molecule has 4 aromatic rings. The van der Waals surface area contributed by atoms with E-state index in [1.807, 2.05) is 37.3 Å². The third-order valence-electron chi connectivity index (χ3n) is 4.58. The van der Waals surface area contributed by atoms with Gasteiger partial charge in [0, 0.05) is 5.56 Å². The number of amides is 1. The van der Waals surface area contributed by atoms with E-state index in [0.29, 0.717) is 10.2 Å². The summed E-state index contributed by atoms with van der Waals surface area (Å²) in [5.74, 6) is 0.151. The molecule has 0 saturated heterocycles. The van der Waals surface area contributed by atoms with Crippen molar-refractivity contribution < 1.29 is 4.79 Å². The zero-order chi connectivity index (χ0) is 20.4. The molecule has 0 bridgehead atoms. The van der Waals surface area contributed by atoms with Crippen LogP contribution in [0.4, 0.5) is 5.13 Å². The lowest BCUT2D eigenvalue weighted by atomic mass is 10.0. The number of thioether (sulfide) groups is 1. The lowest BCUT2D eigenvalue weighted by molar-refractivity contribution is -0.113. The Morgan fingerprint density at radius 3 is 2.62 bits per heavy atom. The summed E-state index contributed by atoms with van der Waals surface area (Å²) in [6, 6.07) is 16.1. The van der Waals surface area contributed by atoms with Crippen LogP contribution in [0.5, 0.6) is 0 Å². The topological polar surface area (TPSA) is 67.8 Å². The zero-order valence-electron chi connectivity index (χ0n) is 16.4. The van der Waals surface area contributed by atoms with E-state index in [2.05, 4.69) is 52.5 Å². The van der Waals surface area contributed by atoms with Gasteiger partial charge in [-0.05, 0) is 67.8 Å². The van der Waals surface area contributed by atoms with E-state index in [-0.39, 0.29) is 11.7 Å². The summed E-state index contributed by atoms with van der Waals surface area (Å²) in [6.07, 6.45) is 0. The monoisotopic (exact) mass is 420 g/mol. The molecule has 1 amide bonds. The van der Waals surface area contributed by atoms with Gasteiger partial charge in [0.1, 0.15) is 5.03 Å². The van der Waals surface area contributed by atoms with E-state index in [0.717, 1.165) is 21.5 Å². The van der Waals surface area contributed by atoms with Crippen molar-refractivity contribution in [3.8, 4) is 11.3 Å². The molecule has 5 nitrogen and oxygen atoms in total. The van der Waals surface area contributed by atoms with Crippen LogP contribution < -0.4 is 5.32 Å². The van der Waals surface area contributed by atoms with Gasteiger partial charge in [0.25, 0.3) is 0 Å². The van der Waals surface area contributed by atoms with Crippen molar-refractivity contribution in [2.45, 2.75) is 25.8 Å². The summed E-state index contributed by atoms with van der Waals surface area (Å²) in [5, 5.41) is 12.8. The normalized spacial score (nSPS) is 11.0. The SMILES string of the molecule is Cc1ccc2nc(NC(=O)CSc3ccc(-c4ccc(C)c(C)c4)nn3)sc2c1. The Bertz CT molecular complexity index is 1190. The maximum Gasteiger partial charge on any atom is 0.236 e. The van der Waals surface area contributed by atoms with Gasteiger partial charge >= 0.3 is 0 Å². The highest BCUT2D eigenvalue weighted by Crippen LogP contribution is 2.27. The minimum atomic E-state index is -0.106. The second-order valence-corrected chi connectivity index (χ2v) is 8.91. The molecule has 4 rings (SSSR count). The van der Waals surface area contributed by atoms with Gasteiger partial charge in [0.05, 0.1) is 21.7 Å². The van der Waals surface area contributed by atoms with Crippen LogP contribution in [0.1, 0.15) is 16.7 Å². The number of hydrogen-bond donors (Lipinski definition) is 1. The molecular weight excluding hydrogens is 400 g/mol. The van der Waals surface area contributed by atoms with Crippen LogP contribution in [0.25, 0.3) is 21.5 Å². The van der Waals surface area contributed by atoms with Crippen molar-refractivity contribution in [1.82, 2.24) is 15.2 Å². The highest BCUT2D eigenvalue weighted by molar-refractivity contribution is 7.99. The second kappa shape index (κ2) is 8.31. The van der Waals surface area contributed by atoms with Gasteiger partial charge < -0.3 is 5.32 Å². The van der Waals surface area contributed by atoms with Gasteiger partial charge in [-0.1, -0.05) is 41.3 Å². The van der Waals surface area contributed by atoms with E-state index in [9.17, 15) is 4.79 Å². The first-order valence-corrected chi connectivity index (χ1v) is 11.0. The van der Waals surface area contributed by atoms with Crippen LogP contribution in [0, 0.1) is 20.8 Å². The molecular formula is C22H20N4OS2. The molecule has 0 aliphatic heterocycles. The lowest BCUT2D eigenvalue weighted by Gasteiger charge is -2.05. The molecule has 0 fully saturated rings. The molecule has 29 heavy (non-hydrogen) atoms. The number of aromatic nitrogens is 3. The van der Waals surface area contributed by atoms with Gasteiger partial charge in [0.2, 0.25) is 5.91 Å². The Morgan fingerprint density at radius 1 is 1.00 bits per heavy atom. The number of carbonyl (C=O) groups excluding carboxylic acids is 1. The summed E-state index contributed by atoms with van der Waals surface area (Å²) in [6.45, 7) is 6.22. The minimum Gasteiger partial charge on any atom is -0.301 e. The second-order valence-electron chi connectivity index (χ2n) is 6.88. The fourth-order valence-corrected chi connectivity index (χ4v) is 4.43. The van der Waals surface area contributed by atoms with E-state index in [4.69, 9.17) is 0 Å². The Kier molecular flexibility index (Phi) is 5.60. The van der Waals surface area contributed by atoms with Crippen molar-refractivity contribution in [3.05, 3.63) is 65.2 Å². The molecule has 2 aromatic carbocycles. The number of nitrogens with zero attached hydrogens (tertiary/aromatic N) is 3. The molecule has 2 heterocycles. The maximum atomic E-state index is 12.3. The average Bonchev–Trinajstić information content (AvgIpc) is 3.10. The van der Waals surface area contributed by atoms with Crippen molar-refractivity contribution in [2.75, 3.05) is 11.1 Å². The third kappa shape index (κ3) is 4.63. The summed E-state index contributed by atoms with van der Waals surface area (Å²) >= 11 is 2.84. The molecule has 0 aliphatic carbocycles. The number of rotatable bonds is 5. The van der Waals surface area contributed by atoms with Crippen molar-refractivity contribution in [2.24, 2.45) is 0 Å². The number of hydrogen-bond acceptors (Lipinski definition) is 6. The number of aryl methyl sites for hydroxylation is 3. The van der Waals surface area contributed by atoms with E-state index in [1.165, 1.54) is 39.8 Å². The lowest BCUT2D eigenvalue weighted by Crippen LogP contribution is -2.13. The third-order valence-corrected chi connectivity index (χ3v) is 6.44. The number of benzene rings is 2. The Morgan fingerprint density at radius 2 is 1.86 bits per heavy atom. The Hall–Kier alpha value is -2.77. The van der Waals surface area contributed by atoms with E-state index in [1.54, 1.807) is 0 Å². The summed E-state index contributed by atoms with van der Waals surface area (Å²) in [7, 11) is 0. The summed E-state index contributed by atoms with van der Waals surface area (Å²) in [5.41, 5.74) is 6.42. The van der Waals surface area contributed by atoms with Crippen LogP contribution in [0.2, 0.25) is 0 Å². The number of nitrogens with one attached hydrogen (secondary N) is 1. The smallest absolute Gasteiger partial charge is 0.236 e. The molecule has 0 unspecified atom stereocenters. The van der Waals surface area contributed by atoms with Gasteiger partial charge in [-0.15, -0.1) is 10.2 Å². The fraction of sp³-hybridized carbons (Fsp3) is 0.182. The predicted molar refractivity (Wildman–Crippen MR) is 121 cm³/mol. The van der Waals surface area contributed by atoms with Crippen LogP contribution in [0.3, 0.4) is 0 Å². The van der Waals surface area contributed by atoms with Crippen LogP contribution in [0.15, 0.2) is 53.6 Å². The standard InChI is InChI=1S/C22H20N4OS2/c1-13-4-7-18-19(10-13)29-22(23-18)24-20(27)12-28-21-9-8-17(25-26-21)16-6-5-14(2)15(3)11-16/h4-11H,12H2,1-3H3,(H,23,24,27). The van der Waals surface area contributed by atoms with Crippen LogP contribution in [-0.2, 0) is 4.79 Å². The van der Waals surface area contributed by atoms with E-state index < -0.39 is 0 Å². The largest absolute Gasteiger partial charge is 0.301 e. The van der Waals surface area contributed by atoms with Crippen molar-refractivity contribution in [1.29, 1.82) is 0 Å². The minimum absolute atomic E-state index is 0.106. The number of fused-ring (bicyclic) bond motifs is 1. The molecule has 1 N–H and O–H groups in total. The Balaban J connectivity index is 1.36. The highest BCUT2D eigenvalue weighted by Gasteiger charge is 2.10. The highest BCUT2D eigenvalue weighted by atomic mass is 32.2. The van der Waals surface area contributed by atoms with Crippen LogP contribution >= 0.6 is 23.1 Å². The maximum absolute atomic E-state index is 12.3. The summed E-state index contributed by atoms with van der Waals surface area (Å²) < 4.78 is 1.07. The predicted octanol–water partition coefficient (Wildman–Crippen LogP) is 5.41. The number of anilines is 1.